The molecule has 1 aromatic heterocycles. The second-order valence-corrected chi connectivity index (χ2v) is 4.92. The highest BCUT2D eigenvalue weighted by Gasteiger charge is 2.07. The zero-order chi connectivity index (χ0) is 15.2. The minimum Gasteiger partial charge on any atom is -0.493 e. The molecule has 0 N–H and O–H groups in total. The van der Waals surface area contributed by atoms with Crippen LogP contribution in [-0.4, -0.2) is 12.9 Å². The first-order chi connectivity index (χ1) is 10.1. The van der Waals surface area contributed by atoms with Gasteiger partial charge in [0.25, 0.3) is 0 Å². The third-order valence-electron chi connectivity index (χ3n) is 3.20. The maximum absolute atomic E-state index is 10.5. The Morgan fingerprint density at radius 2 is 2.00 bits per heavy atom. The van der Waals surface area contributed by atoms with Crippen molar-refractivity contribution in [1.29, 1.82) is 5.26 Å². The number of hydrogen-bond donors (Lipinski definition) is 0. The van der Waals surface area contributed by atoms with Crippen molar-refractivity contribution in [3.63, 3.8) is 0 Å². The van der Waals surface area contributed by atoms with Gasteiger partial charge in [0, 0.05) is 6.42 Å². The van der Waals surface area contributed by atoms with E-state index in [9.17, 15) is 4.79 Å². The van der Waals surface area contributed by atoms with E-state index in [0.717, 1.165) is 35.5 Å². The van der Waals surface area contributed by atoms with Crippen molar-refractivity contribution in [2.75, 3.05) is 6.61 Å². The number of aldehydes is 1. The number of rotatable bonds is 6. The molecular weight excluding hydrogens is 266 g/mol. The van der Waals surface area contributed by atoms with Gasteiger partial charge in [-0.2, -0.15) is 5.26 Å². The van der Waals surface area contributed by atoms with Gasteiger partial charge in [0.2, 0.25) is 0 Å². The van der Waals surface area contributed by atoms with Crippen LogP contribution in [0.4, 0.5) is 0 Å². The summed E-state index contributed by atoms with van der Waals surface area (Å²) in [5.41, 5.74) is 2.58. The molecule has 0 saturated carbocycles. The lowest BCUT2D eigenvalue weighted by Gasteiger charge is -2.12. The largest absolute Gasteiger partial charge is 0.493 e. The highest BCUT2D eigenvalue weighted by molar-refractivity contribution is 5.70. The molecule has 4 heteroatoms. The molecule has 0 aliphatic rings. The Labute approximate surface area is 124 Å². The Bertz CT molecular complexity index is 657. The fourth-order valence-electron chi connectivity index (χ4n) is 2.26. The standard InChI is InChI=1S/C17H17NO3/c1-12-8-14(10-18)9-13(2)17(12)20-7-3-4-15-5-6-16(11-19)21-15/h5-6,8-9,11H,3-4,7H2,1-2H3. The Morgan fingerprint density at radius 1 is 1.29 bits per heavy atom. The van der Waals surface area contributed by atoms with Crippen molar-refractivity contribution in [3.05, 3.63) is 52.5 Å². The van der Waals surface area contributed by atoms with Crippen LogP contribution in [0.1, 0.15) is 39.4 Å². The lowest BCUT2D eigenvalue weighted by atomic mass is 10.1. The number of furan rings is 1. The van der Waals surface area contributed by atoms with Gasteiger partial charge in [0.15, 0.2) is 12.0 Å². The van der Waals surface area contributed by atoms with Crippen molar-refractivity contribution >= 4 is 6.29 Å². The van der Waals surface area contributed by atoms with Gasteiger partial charge >= 0.3 is 0 Å². The van der Waals surface area contributed by atoms with Crippen LogP contribution in [0.2, 0.25) is 0 Å². The van der Waals surface area contributed by atoms with Crippen LogP contribution in [0, 0.1) is 25.2 Å². The summed E-state index contributed by atoms with van der Waals surface area (Å²) in [7, 11) is 0. The van der Waals surface area contributed by atoms with Gasteiger partial charge in [-0.05, 0) is 55.7 Å². The predicted molar refractivity (Wildman–Crippen MR) is 78.5 cm³/mol. The maximum atomic E-state index is 10.5. The molecule has 0 aliphatic carbocycles. The molecule has 0 radical (unpaired) electrons. The van der Waals surface area contributed by atoms with Gasteiger partial charge < -0.3 is 9.15 Å². The summed E-state index contributed by atoms with van der Waals surface area (Å²) in [4.78, 5) is 10.5. The third-order valence-corrected chi connectivity index (χ3v) is 3.20. The highest BCUT2D eigenvalue weighted by Crippen LogP contribution is 2.24. The first-order valence-corrected chi connectivity index (χ1v) is 6.82. The summed E-state index contributed by atoms with van der Waals surface area (Å²) < 4.78 is 11.1. The van der Waals surface area contributed by atoms with Crippen molar-refractivity contribution in [2.45, 2.75) is 26.7 Å². The minimum absolute atomic E-state index is 0.352. The molecule has 1 heterocycles. The fourth-order valence-corrected chi connectivity index (χ4v) is 2.26. The van der Waals surface area contributed by atoms with E-state index in [-0.39, 0.29) is 0 Å². The van der Waals surface area contributed by atoms with Crippen molar-refractivity contribution in [1.82, 2.24) is 0 Å². The molecule has 0 bridgehead atoms. The Kier molecular flexibility index (Phi) is 4.78. The molecule has 4 nitrogen and oxygen atoms in total. The number of benzene rings is 1. The smallest absolute Gasteiger partial charge is 0.185 e. The number of hydrogen-bond acceptors (Lipinski definition) is 4. The molecule has 0 atom stereocenters. The van der Waals surface area contributed by atoms with Gasteiger partial charge in [-0.3, -0.25) is 4.79 Å². The maximum Gasteiger partial charge on any atom is 0.185 e. The second-order valence-electron chi connectivity index (χ2n) is 4.92. The van der Waals surface area contributed by atoms with E-state index >= 15 is 0 Å². The Morgan fingerprint density at radius 3 is 2.57 bits per heavy atom. The van der Waals surface area contributed by atoms with Crippen molar-refractivity contribution < 1.29 is 13.9 Å². The average Bonchev–Trinajstić information content (AvgIpc) is 2.93. The lowest BCUT2D eigenvalue weighted by Crippen LogP contribution is -2.02. The van der Waals surface area contributed by atoms with Gasteiger partial charge in [-0.1, -0.05) is 0 Å². The third kappa shape index (κ3) is 3.73. The minimum atomic E-state index is 0.352. The van der Waals surface area contributed by atoms with Crippen LogP contribution in [-0.2, 0) is 6.42 Å². The van der Waals surface area contributed by atoms with E-state index in [1.165, 1.54) is 0 Å². The zero-order valence-electron chi connectivity index (χ0n) is 12.2. The number of aryl methyl sites for hydroxylation is 3. The van der Waals surface area contributed by atoms with Gasteiger partial charge in [0.05, 0.1) is 18.2 Å². The van der Waals surface area contributed by atoms with E-state index < -0.39 is 0 Å². The summed E-state index contributed by atoms with van der Waals surface area (Å²) >= 11 is 0. The topological polar surface area (TPSA) is 63.2 Å². The zero-order valence-corrected chi connectivity index (χ0v) is 12.2. The number of nitrogens with zero attached hydrogens (tertiary/aromatic N) is 1. The quantitative estimate of drug-likeness (QED) is 0.600. The molecule has 0 aliphatic heterocycles. The first-order valence-electron chi connectivity index (χ1n) is 6.82. The molecule has 1 aromatic carbocycles. The molecule has 2 rings (SSSR count). The molecule has 0 unspecified atom stereocenters. The van der Waals surface area contributed by atoms with Crippen LogP contribution in [0.5, 0.6) is 5.75 Å². The summed E-state index contributed by atoms with van der Waals surface area (Å²) in [6, 6.07) is 9.26. The van der Waals surface area contributed by atoms with Crippen LogP contribution in [0.15, 0.2) is 28.7 Å². The van der Waals surface area contributed by atoms with E-state index in [1.807, 2.05) is 32.0 Å². The first kappa shape index (κ1) is 14.9. The lowest BCUT2D eigenvalue weighted by molar-refractivity contribution is 0.109. The number of nitriles is 1. The Hall–Kier alpha value is -2.54. The fraction of sp³-hybridized carbons (Fsp3) is 0.294. The van der Waals surface area contributed by atoms with Gasteiger partial charge in [-0.25, -0.2) is 0 Å². The molecular formula is C17H17NO3. The second kappa shape index (κ2) is 6.76. The monoisotopic (exact) mass is 283 g/mol. The molecule has 0 fully saturated rings. The van der Waals surface area contributed by atoms with Crippen LogP contribution < -0.4 is 4.74 Å². The van der Waals surface area contributed by atoms with Crippen LogP contribution in [0.3, 0.4) is 0 Å². The number of carbonyl (C=O) groups is 1. The van der Waals surface area contributed by atoms with Gasteiger partial charge in [-0.15, -0.1) is 0 Å². The molecule has 21 heavy (non-hydrogen) atoms. The van der Waals surface area contributed by atoms with Crippen molar-refractivity contribution in [3.8, 4) is 11.8 Å². The highest BCUT2D eigenvalue weighted by atomic mass is 16.5. The summed E-state index contributed by atoms with van der Waals surface area (Å²) in [6.07, 6.45) is 2.22. The molecule has 0 spiro atoms. The molecule has 0 saturated heterocycles. The van der Waals surface area contributed by atoms with Crippen LogP contribution >= 0.6 is 0 Å². The Balaban J connectivity index is 1.89. The number of carbonyl (C=O) groups excluding carboxylic acids is 1. The SMILES string of the molecule is Cc1cc(C#N)cc(C)c1OCCCc1ccc(C=O)o1. The summed E-state index contributed by atoms with van der Waals surface area (Å²) in [6.45, 7) is 4.43. The average molecular weight is 283 g/mol. The van der Waals surface area contributed by atoms with Gasteiger partial charge in [0.1, 0.15) is 11.5 Å². The molecule has 108 valence electrons. The summed E-state index contributed by atoms with van der Waals surface area (Å²) in [5.74, 6) is 1.97. The number of ether oxygens (including phenoxy) is 1. The van der Waals surface area contributed by atoms with Crippen molar-refractivity contribution in [2.24, 2.45) is 0 Å². The molecule has 2 aromatic rings. The normalized spacial score (nSPS) is 10.1. The van der Waals surface area contributed by atoms with E-state index in [0.29, 0.717) is 24.2 Å². The van der Waals surface area contributed by atoms with E-state index in [4.69, 9.17) is 14.4 Å². The van der Waals surface area contributed by atoms with Crippen LogP contribution in [0.25, 0.3) is 0 Å². The summed E-state index contributed by atoms with van der Waals surface area (Å²) in [5, 5.41) is 8.91. The van der Waals surface area contributed by atoms with E-state index in [1.54, 1.807) is 6.07 Å². The predicted octanol–water partition coefficient (Wildman–Crippen LogP) is 3.59. The van der Waals surface area contributed by atoms with E-state index in [2.05, 4.69) is 6.07 Å². The molecule has 0 amide bonds.